The molecule has 1 fully saturated rings. The Hall–Kier alpha value is -11.2. The standard InChI is InChI=1S/C87H24O6/c1-2-91-83(89)87(84(90)93-16-5-3-4-15-92-82(88)21-14-12-19-10-9-17-7-6-8-18-11-13-20(21)23(19)22(17)18)85-78-70-62-52-42-34-26-24-25-28-32-30(26)38-46-40(32)50-44-36(28)37-29(25)33-31-27(24)35(34)43-49-39(31)47-41(33)51-45(37)55-54(44)64-58(50)68-60(46)66(56(62)48(38)42)74(78)76(68)80-72(64)73-65(55)59(51)69-61(47)67-57(49)63(53(43)52)71(70)79(85)75(67)77(69)81(73)86(80,85)87/h6-14H,2-5,15-16H2,1H3. The van der Waals surface area contributed by atoms with Gasteiger partial charge in [-0.15, -0.1) is 0 Å². The monoisotopic (exact) mass is 1160 g/mol. The van der Waals surface area contributed by atoms with E-state index < -0.39 is 28.2 Å². The van der Waals surface area contributed by atoms with Gasteiger partial charge in [-0.25, -0.2) is 4.79 Å². The molecular formula is C87H24O6. The average Bonchev–Trinajstić information content (AvgIpc) is 1.35. The highest BCUT2D eigenvalue weighted by Crippen LogP contribution is 2.96. The molecule has 5 aliphatic carbocycles. The molecule has 6 heteroatoms. The molecule has 32 aromatic rings. The van der Waals surface area contributed by atoms with E-state index in [-0.39, 0.29) is 25.8 Å². The lowest BCUT2D eigenvalue weighted by molar-refractivity contribution is -0.166. The SMILES string of the molecule is CCOC(=O)C1(C(=O)OCCCCCOC(=O)c2ccc3ccc4cccc5ccc2c3c45)C23c4c5c6c7c8c9c(c%10c%11c2c2c4c4c%12c5c5c6c6c8c8c%13c9c9c%10c%10c%11c%11c2c2c4c4c%12c%12c5c5c6c8c6c8c%13c9c9c%10c%10c%11c2c2c4c4c%12c5c6c5c8c9c%10c2c45)C713. The number of hydrogen-bond acceptors (Lipinski definition) is 6. The van der Waals surface area contributed by atoms with Gasteiger partial charge in [-0.3, -0.25) is 9.59 Å². The Morgan fingerprint density at radius 3 is 0.839 bits per heavy atom. The van der Waals surface area contributed by atoms with Crippen molar-refractivity contribution in [2.75, 3.05) is 19.8 Å². The molecule has 408 valence electrons. The maximum absolute atomic E-state index is 17.5. The molecule has 0 unspecified atom stereocenters. The van der Waals surface area contributed by atoms with Crippen LogP contribution in [-0.2, 0) is 34.6 Å². The van der Waals surface area contributed by atoms with Gasteiger partial charge in [0.05, 0.1) is 36.2 Å². The third-order valence-corrected chi connectivity index (χ3v) is 30.3. The van der Waals surface area contributed by atoms with Crippen LogP contribution in [0.4, 0.5) is 0 Å². The van der Waals surface area contributed by atoms with Gasteiger partial charge < -0.3 is 14.2 Å². The molecule has 0 heterocycles. The lowest BCUT2D eigenvalue weighted by Crippen LogP contribution is -2.38. The first kappa shape index (κ1) is 39.1. The Morgan fingerprint density at radius 1 is 0.269 bits per heavy atom. The second kappa shape index (κ2) is 9.83. The molecule has 37 rings (SSSR count). The van der Waals surface area contributed by atoms with Gasteiger partial charge in [-0.05, 0) is 378 Å². The van der Waals surface area contributed by atoms with Crippen LogP contribution in [0.15, 0.2) is 54.6 Å². The molecule has 6 nitrogen and oxygen atoms in total. The molecule has 32 aromatic carbocycles. The zero-order chi connectivity index (χ0) is 57.5. The minimum Gasteiger partial charge on any atom is -0.465 e. The van der Waals surface area contributed by atoms with Gasteiger partial charge in [-0.2, -0.15) is 0 Å². The average molecular weight is 1170 g/mol. The fraction of sp³-hybridized carbons (Fsp3) is 0.115. The number of hydrogen-bond donors (Lipinski definition) is 0. The normalized spacial score (nSPS) is 21.3. The maximum Gasteiger partial charge on any atom is 0.338 e. The van der Waals surface area contributed by atoms with Gasteiger partial charge in [0.15, 0.2) is 5.41 Å². The summed E-state index contributed by atoms with van der Waals surface area (Å²) in [7, 11) is 0. The molecule has 0 saturated heterocycles. The third-order valence-electron chi connectivity index (χ3n) is 30.3. The van der Waals surface area contributed by atoms with E-state index in [4.69, 9.17) is 14.2 Å². The van der Waals surface area contributed by atoms with Gasteiger partial charge >= 0.3 is 17.9 Å². The van der Waals surface area contributed by atoms with E-state index in [9.17, 15) is 4.79 Å². The molecule has 5 aliphatic rings. The summed E-state index contributed by atoms with van der Waals surface area (Å²) in [5.74, 6) is -1.19. The van der Waals surface area contributed by atoms with Crippen LogP contribution >= 0.6 is 0 Å². The fourth-order valence-electron chi connectivity index (χ4n) is 29.3. The largest absolute Gasteiger partial charge is 0.465 e. The fourth-order valence-corrected chi connectivity index (χ4v) is 29.3. The van der Waals surface area contributed by atoms with Crippen LogP contribution in [0.5, 0.6) is 0 Å². The van der Waals surface area contributed by atoms with Gasteiger partial charge in [-0.1, -0.05) is 48.5 Å². The van der Waals surface area contributed by atoms with Crippen molar-refractivity contribution in [3.05, 3.63) is 82.4 Å². The van der Waals surface area contributed by atoms with Gasteiger partial charge in [0.2, 0.25) is 0 Å². The van der Waals surface area contributed by atoms with E-state index >= 15 is 9.59 Å². The van der Waals surface area contributed by atoms with Crippen LogP contribution < -0.4 is 0 Å². The molecule has 0 N–H and O–H groups in total. The summed E-state index contributed by atoms with van der Waals surface area (Å²) < 4.78 is 20.1. The number of rotatable bonds is 10. The zero-order valence-electron chi connectivity index (χ0n) is 48.4. The molecular weight excluding hydrogens is 1140 g/mol. The topological polar surface area (TPSA) is 78.9 Å². The first-order valence-corrected chi connectivity index (χ1v) is 34.0. The lowest BCUT2D eigenvalue weighted by Gasteiger charge is -2.32. The van der Waals surface area contributed by atoms with Crippen LogP contribution in [0.3, 0.4) is 0 Å². The van der Waals surface area contributed by atoms with E-state index in [0.717, 1.165) is 26.9 Å². The van der Waals surface area contributed by atoms with Crippen molar-refractivity contribution in [3.63, 3.8) is 0 Å². The molecule has 0 radical (unpaired) electrons. The molecule has 0 bridgehead atoms. The zero-order valence-corrected chi connectivity index (χ0v) is 48.4. The highest BCUT2D eigenvalue weighted by atomic mass is 16.6. The van der Waals surface area contributed by atoms with Crippen LogP contribution in [-0.4, -0.2) is 37.7 Å². The number of ether oxygens (including phenoxy) is 3. The number of benzene rings is 22. The molecule has 0 amide bonds. The smallest absolute Gasteiger partial charge is 0.338 e. The molecule has 93 heavy (non-hydrogen) atoms. The maximum atomic E-state index is 17.5. The molecule has 0 aliphatic heterocycles. The minimum absolute atomic E-state index is 0.133. The molecule has 2 spiro atoms. The van der Waals surface area contributed by atoms with Crippen LogP contribution in [0.25, 0.3) is 323 Å². The van der Waals surface area contributed by atoms with E-state index in [1.165, 1.54) is 265 Å². The van der Waals surface area contributed by atoms with Crippen molar-refractivity contribution in [2.45, 2.75) is 37.0 Å². The summed E-state index contributed by atoms with van der Waals surface area (Å²) in [4.78, 5) is 48.8. The van der Waals surface area contributed by atoms with Crippen LogP contribution in [0, 0.1) is 5.41 Å². The van der Waals surface area contributed by atoms with Crippen molar-refractivity contribution in [2.24, 2.45) is 5.41 Å². The Bertz CT molecular complexity index is 8410. The summed E-state index contributed by atoms with van der Waals surface area (Å²) in [5.41, 5.74) is 1.48. The third kappa shape index (κ3) is 2.46. The Labute approximate surface area is 511 Å². The van der Waals surface area contributed by atoms with Crippen molar-refractivity contribution >= 4 is 341 Å². The van der Waals surface area contributed by atoms with Gasteiger partial charge in [0, 0.05) is 0 Å². The summed E-state index contributed by atoms with van der Waals surface area (Å²) >= 11 is 0. The highest BCUT2D eigenvalue weighted by molar-refractivity contribution is 6.82. The summed E-state index contributed by atoms with van der Waals surface area (Å²) in [6.07, 6.45) is 1.83. The summed E-state index contributed by atoms with van der Waals surface area (Å²) in [6.45, 7) is 2.45. The molecule has 0 aromatic heterocycles. The number of unbranched alkanes of at least 4 members (excludes halogenated alkanes) is 2. The minimum atomic E-state index is -1.78. The van der Waals surface area contributed by atoms with Crippen LogP contribution in [0.2, 0.25) is 0 Å². The van der Waals surface area contributed by atoms with Crippen molar-refractivity contribution < 1.29 is 28.6 Å². The second-order valence-electron chi connectivity index (χ2n) is 31.5. The van der Waals surface area contributed by atoms with Gasteiger partial charge in [0.1, 0.15) is 0 Å². The Balaban J connectivity index is 0.688. The van der Waals surface area contributed by atoms with E-state index in [1.807, 2.05) is 19.1 Å². The van der Waals surface area contributed by atoms with Crippen molar-refractivity contribution in [1.82, 2.24) is 0 Å². The first-order valence-electron chi connectivity index (χ1n) is 34.0. The highest BCUT2D eigenvalue weighted by Gasteiger charge is 3.01. The van der Waals surface area contributed by atoms with Crippen LogP contribution in [0.1, 0.15) is 58.8 Å². The summed E-state index contributed by atoms with van der Waals surface area (Å²) in [5, 5.41) is 85.4. The lowest BCUT2D eigenvalue weighted by atomic mass is 9.68. The predicted octanol–water partition coefficient (Wildman–Crippen LogP) is 21.3. The van der Waals surface area contributed by atoms with E-state index in [2.05, 4.69) is 42.5 Å². The second-order valence-corrected chi connectivity index (χ2v) is 31.5. The quantitative estimate of drug-likeness (QED) is 0.0446. The Morgan fingerprint density at radius 2 is 0.527 bits per heavy atom. The number of esters is 3. The predicted molar refractivity (Wildman–Crippen MR) is 378 cm³/mol. The summed E-state index contributed by atoms with van der Waals surface area (Å²) in [6, 6.07) is 18.8. The van der Waals surface area contributed by atoms with Crippen molar-refractivity contribution in [1.29, 1.82) is 0 Å². The Kier molecular flexibility index (Phi) is 4.14. The first-order chi connectivity index (χ1) is 46.1. The molecule has 0 atom stereocenters. The number of carbonyl (C=O) groups is 3. The van der Waals surface area contributed by atoms with E-state index in [1.54, 1.807) is 53.9 Å². The number of carbonyl (C=O) groups excluding carboxylic acids is 3. The van der Waals surface area contributed by atoms with Crippen molar-refractivity contribution in [3.8, 4) is 0 Å². The molecule has 1 saturated carbocycles. The van der Waals surface area contributed by atoms with Gasteiger partial charge in [0.25, 0.3) is 0 Å². The van der Waals surface area contributed by atoms with E-state index in [0.29, 0.717) is 24.8 Å².